The number of aromatic nitrogens is 2. The maximum atomic E-state index is 12.1. The lowest BCUT2D eigenvalue weighted by atomic mass is 9.86. The van der Waals surface area contributed by atoms with Gasteiger partial charge in [0.05, 0.1) is 0 Å². The van der Waals surface area contributed by atoms with Crippen LogP contribution in [0.1, 0.15) is 44.6 Å². The minimum atomic E-state index is -1.11. The van der Waals surface area contributed by atoms with Gasteiger partial charge >= 0.3 is 5.97 Å². The molecule has 0 aliphatic rings. The third-order valence-electron chi connectivity index (χ3n) is 2.92. The van der Waals surface area contributed by atoms with E-state index in [0.29, 0.717) is 13.0 Å². The number of carbonyl (C=O) groups is 2. The predicted octanol–water partition coefficient (Wildman–Crippen LogP) is 0.882. The summed E-state index contributed by atoms with van der Waals surface area (Å²) >= 11 is 0. The van der Waals surface area contributed by atoms with Crippen molar-refractivity contribution in [1.82, 2.24) is 15.1 Å². The van der Waals surface area contributed by atoms with Crippen LogP contribution in [-0.2, 0) is 11.3 Å². The van der Waals surface area contributed by atoms with E-state index in [1.54, 1.807) is 20.8 Å². The SMILES string of the molecule is CCCn1nc(C(=O)N[C@H](C(=O)O)C(C)(C)C)ccc1=O. The highest BCUT2D eigenvalue weighted by Crippen LogP contribution is 2.19. The zero-order chi connectivity index (χ0) is 16.2. The lowest BCUT2D eigenvalue weighted by molar-refractivity contribution is -0.142. The van der Waals surface area contributed by atoms with Gasteiger partial charge in [-0.3, -0.25) is 9.59 Å². The number of amides is 1. The van der Waals surface area contributed by atoms with Gasteiger partial charge in [-0.1, -0.05) is 27.7 Å². The van der Waals surface area contributed by atoms with E-state index in [4.69, 9.17) is 0 Å². The van der Waals surface area contributed by atoms with Crippen molar-refractivity contribution in [3.05, 3.63) is 28.2 Å². The van der Waals surface area contributed by atoms with E-state index in [2.05, 4.69) is 10.4 Å². The van der Waals surface area contributed by atoms with Crippen LogP contribution in [0.25, 0.3) is 0 Å². The van der Waals surface area contributed by atoms with Gasteiger partial charge in [0.1, 0.15) is 11.7 Å². The quantitative estimate of drug-likeness (QED) is 0.839. The Balaban J connectivity index is 3.01. The molecule has 1 atom stereocenters. The summed E-state index contributed by atoms with van der Waals surface area (Å²) in [6.07, 6.45) is 0.706. The van der Waals surface area contributed by atoms with Gasteiger partial charge in [-0.25, -0.2) is 9.48 Å². The largest absolute Gasteiger partial charge is 0.480 e. The van der Waals surface area contributed by atoms with Gasteiger partial charge in [-0.15, -0.1) is 0 Å². The zero-order valence-electron chi connectivity index (χ0n) is 12.7. The number of carboxylic acids is 1. The van der Waals surface area contributed by atoms with Gasteiger partial charge in [-0.2, -0.15) is 5.10 Å². The van der Waals surface area contributed by atoms with E-state index in [-0.39, 0.29) is 11.3 Å². The van der Waals surface area contributed by atoms with Gasteiger partial charge in [0.15, 0.2) is 0 Å². The Morgan fingerprint density at radius 3 is 2.48 bits per heavy atom. The van der Waals surface area contributed by atoms with Gasteiger partial charge in [0.2, 0.25) is 0 Å². The standard InChI is InChI=1S/C14H21N3O4/c1-5-8-17-10(18)7-6-9(16-17)12(19)15-11(13(20)21)14(2,3)4/h6-7,11H,5,8H2,1-4H3,(H,15,19)(H,20,21)/t11-/m1/s1. The van der Waals surface area contributed by atoms with Gasteiger partial charge in [-0.05, 0) is 17.9 Å². The molecule has 1 rings (SSSR count). The van der Waals surface area contributed by atoms with Gasteiger partial charge in [0, 0.05) is 12.6 Å². The topological polar surface area (TPSA) is 101 Å². The number of hydrogen-bond donors (Lipinski definition) is 2. The van der Waals surface area contributed by atoms with Crippen LogP contribution in [0.5, 0.6) is 0 Å². The van der Waals surface area contributed by atoms with E-state index in [1.807, 2.05) is 6.92 Å². The summed E-state index contributed by atoms with van der Waals surface area (Å²) in [6, 6.07) is 1.51. The Hall–Kier alpha value is -2.18. The van der Waals surface area contributed by atoms with E-state index in [9.17, 15) is 19.5 Å². The molecule has 0 radical (unpaired) electrons. The van der Waals surface area contributed by atoms with Crippen molar-refractivity contribution >= 4 is 11.9 Å². The van der Waals surface area contributed by atoms with E-state index in [1.165, 1.54) is 16.8 Å². The first-order valence-electron chi connectivity index (χ1n) is 6.78. The lowest BCUT2D eigenvalue weighted by Gasteiger charge is -2.27. The van der Waals surface area contributed by atoms with Crippen molar-refractivity contribution in [2.24, 2.45) is 5.41 Å². The Labute approximate surface area is 123 Å². The molecular weight excluding hydrogens is 274 g/mol. The molecule has 7 nitrogen and oxygen atoms in total. The average molecular weight is 295 g/mol. The number of aryl methyl sites for hydroxylation is 1. The average Bonchev–Trinajstić information content (AvgIpc) is 2.36. The molecule has 0 aromatic carbocycles. The van der Waals surface area contributed by atoms with Crippen molar-refractivity contribution in [3.63, 3.8) is 0 Å². The molecule has 0 bridgehead atoms. The molecule has 0 aliphatic heterocycles. The maximum absolute atomic E-state index is 12.1. The van der Waals surface area contributed by atoms with Gasteiger partial charge in [0.25, 0.3) is 11.5 Å². The van der Waals surface area contributed by atoms with Crippen molar-refractivity contribution in [2.75, 3.05) is 0 Å². The first-order valence-corrected chi connectivity index (χ1v) is 6.78. The van der Waals surface area contributed by atoms with Crippen molar-refractivity contribution < 1.29 is 14.7 Å². The summed E-state index contributed by atoms with van der Waals surface area (Å²) in [5.74, 6) is -1.72. The summed E-state index contributed by atoms with van der Waals surface area (Å²) in [7, 11) is 0. The number of carboxylic acid groups (broad SMARTS) is 1. The van der Waals surface area contributed by atoms with Gasteiger partial charge < -0.3 is 10.4 Å². The molecule has 0 unspecified atom stereocenters. The molecule has 1 amide bonds. The summed E-state index contributed by atoms with van der Waals surface area (Å²) in [4.78, 5) is 34.9. The summed E-state index contributed by atoms with van der Waals surface area (Å²) in [5.41, 5.74) is -0.906. The second-order valence-corrected chi connectivity index (χ2v) is 5.89. The number of carbonyl (C=O) groups excluding carboxylic acids is 1. The van der Waals surface area contributed by atoms with Crippen molar-refractivity contribution in [1.29, 1.82) is 0 Å². The molecule has 116 valence electrons. The Morgan fingerprint density at radius 2 is 2.00 bits per heavy atom. The molecule has 2 N–H and O–H groups in total. The summed E-state index contributed by atoms with van der Waals surface area (Å²) in [5, 5.41) is 15.6. The van der Waals surface area contributed by atoms with Crippen LogP contribution in [0.2, 0.25) is 0 Å². The number of aliphatic carboxylic acids is 1. The van der Waals surface area contributed by atoms with E-state index in [0.717, 1.165) is 0 Å². The van der Waals surface area contributed by atoms with Crippen LogP contribution in [-0.4, -0.2) is 32.8 Å². The first kappa shape index (κ1) is 16.9. The van der Waals surface area contributed by atoms with E-state index < -0.39 is 23.3 Å². The first-order chi connectivity index (χ1) is 9.66. The maximum Gasteiger partial charge on any atom is 0.326 e. The number of hydrogen-bond acceptors (Lipinski definition) is 4. The lowest BCUT2D eigenvalue weighted by Crippen LogP contribution is -2.49. The third-order valence-corrected chi connectivity index (χ3v) is 2.92. The second kappa shape index (κ2) is 6.51. The molecule has 1 aromatic heterocycles. The minimum Gasteiger partial charge on any atom is -0.480 e. The Morgan fingerprint density at radius 1 is 1.38 bits per heavy atom. The van der Waals surface area contributed by atoms with Crippen LogP contribution in [0.15, 0.2) is 16.9 Å². The van der Waals surface area contributed by atoms with Crippen LogP contribution in [0.4, 0.5) is 0 Å². The fraction of sp³-hybridized carbons (Fsp3) is 0.571. The second-order valence-electron chi connectivity index (χ2n) is 5.89. The highest BCUT2D eigenvalue weighted by Gasteiger charge is 2.33. The molecule has 0 fully saturated rings. The van der Waals surface area contributed by atoms with Crippen LogP contribution < -0.4 is 10.9 Å². The number of rotatable bonds is 5. The number of nitrogens with zero attached hydrogens (tertiary/aromatic N) is 2. The fourth-order valence-electron chi connectivity index (χ4n) is 1.80. The summed E-state index contributed by atoms with van der Waals surface area (Å²) in [6.45, 7) is 7.45. The van der Waals surface area contributed by atoms with Crippen molar-refractivity contribution in [3.8, 4) is 0 Å². The van der Waals surface area contributed by atoms with Crippen molar-refractivity contribution in [2.45, 2.75) is 46.7 Å². The Bertz CT molecular complexity index is 587. The monoisotopic (exact) mass is 295 g/mol. The van der Waals surface area contributed by atoms with Crippen LogP contribution in [0, 0.1) is 5.41 Å². The fourth-order valence-corrected chi connectivity index (χ4v) is 1.80. The smallest absolute Gasteiger partial charge is 0.326 e. The zero-order valence-corrected chi connectivity index (χ0v) is 12.7. The molecule has 0 aliphatic carbocycles. The van der Waals surface area contributed by atoms with E-state index >= 15 is 0 Å². The molecule has 1 heterocycles. The number of nitrogens with one attached hydrogen (secondary N) is 1. The van der Waals surface area contributed by atoms with Crippen LogP contribution in [0.3, 0.4) is 0 Å². The predicted molar refractivity (Wildman–Crippen MR) is 77.1 cm³/mol. The minimum absolute atomic E-state index is 0.0264. The molecule has 0 saturated heterocycles. The molecule has 1 aromatic rings. The third kappa shape index (κ3) is 4.40. The molecular formula is C14H21N3O4. The molecule has 0 spiro atoms. The highest BCUT2D eigenvalue weighted by molar-refractivity contribution is 5.94. The Kier molecular flexibility index (Phi) is 5.23. The molecule has 0 saturated carbocycles. The molecule has 21 heavy (non-hydrogen) atoms. The molecule has 7 heteroatoms. The van der Waals surface area contributed by atoms with Crippen LogP contribution >= 0.6 is 0 Å². The summed E-state index contributed by atoms with van der Waals surface area (Å²) < 4.78 is 1.20. The highest BCUT2D eigenvalue weighted by atomic mass is 16.4. The normalized spacial score (nSPS) is 12.8.